The Morgan fingerprint density at radius 2 is 1.73 bits per heavy atom. The van der Waals surface area contributed by atoms with E-state index >= 15 is 0 Å². The van der Waals surface area contributed by atoms with Gasteiger partial charge in [-0.15, -0.1) is 0 Å². The lowest BCUT2D eigenvalue weighted by Gasteiger charge is -2.12. The Labute approximate surface area is 171 Å². The van der Waals surface area contributed by atoms with Gasteiger partial charge in [-0.1, -0.05) is 24.3 Å². The molecule has 1 N–H and O–H groups in total. The molecule has 0 spiro atoms. The van der Waals surface area contributed by atoms with Gasteiger partial charge in [-0.25, -0.2) is 23.4 Å². The molecule has 0 unspecified atom stereocenters. The molecule has 0 aliphatic heterocycles. The van der Waals surface area contributed by atoms with E-state index in [0.29, 0.717) is 22.5 Å². The monoisotopic (exact) mass is 412 g/mol. The van der Waals surface area contributed by atoms with Crippen LogP contribution >= 0.6 is 0 Å². The quantitative estimate of drug-likeness (QED) is 0.611. The number of benzene rings is 2. The number of anilines is 1. The molecule has 0 aliphatic rings. The molecule has 0 saturated carbocycles. The number of pyridine rings is 1. The van der Waals surface area contributed by atoms with Crippen molar-refractivity contribution in [1.82, 2.24) is 4.98 Å². The molecule has 6 nitrogen and oxygen atoms in total. The summed E-state index contributed by atoms with van der Waals surface area (Å²) in [6.07, 6.45) is 1.44. The first-order valence-corrected chi connectivity index (χ1v) is 8.88. The third-order valence-corrected chi connectivity index (χ3v) is 4.41. The number of carbonyl (C=O) groups excluding carboxylic acids is 2. The van der Waals surface area contributed by atoms with Crippen LogP contribution < -0.4 is 5.32 Å². The first-order valence-electron chi connectivity index (χ1n) is 8.88. The zero-order chi connectivity index (χ0) is 21.7. The van der Waals surface area contributed by atoms with Crippen molar-refractivity contribution in [1.29, 1.82) is 0 Å². The highest BCUT2D eigenvalue weighted by Gasteiger charge is 2.19. The second-order valence-electron chi connectivity index (χ2n) is 6.24. The van der Waals surface area contributed by atoms with Gasteiger partial charge < -0.3 is 14.8 Å². The fraction of sp³-hybridized carbons (Fsp3) is 0.136. The lowest BCUT2D eigenvalue weighted by atomic mass is 9.98. The lowest BCUT2D eigenvalue weighted by Crippen LogP contribution is -2.08. The summed E-state index contributed by atoms with van der Waals surface area (Å²) < 4.78 is 38.1. The van der Waals surface area contributed by atoms with Crippen molar-refractivity contribution in [3.8, 4) is 11.1 Å². The third-order valence-electron chi connectivity index (χ3n) is 4.41. The molecule has 0 amide bonds. The number of nitrogens with zero attached hydrogens (tertiary/aromatic N) is 1. The Balaban J connectivity index is 1.83. The van der Waals surface area contributed by atoms with Gasteiger partial charge in [0.15, 0.2) is 0 Å². The van der Waals surface area contributed by atoms with E-state index in [4.69, 9.17) is 0 Å². The average molecular weight is 412 g/mol. The van der Waals surface area contributed by atoms with Gasteiger partial charge in [0.2, 0.25) is 0 Å². The first-order chi connectivity index (χ1) is 14.4. The maximum atomic E-state index is 14.7. The van der Waals surface area contributed by atoms with Gasteiger partial charge in [0.05, 0.1) is 19.8 Å². The van der Waals surface area contributed by atoms with Crippen molar-refractivity contribution >= 4 is 17.8 Å². The van der Waals surface area contributed by atoms with Crippen LogP contribution in [0.25, 0.3) is 11.1 Å². The van der Waals surface area contributed by atoms with Gasteiger partial charge in [-0.2, -0.15) is 0 Å². The summed E-state index contributed by atoms with van der Waals surface area (Å²) in [5.41, 5.74) is 0.941. The zero-order valence-electron chi connectivity index (χ0n) is 16.2. The molecule has 154 valence electrons. The number of halogens is 2. The van der Waals surface area contributed by atoms with Gasteiger partial charge in [-0.05, 0) is 35.4 Å². The van der Waals surface area contributed by atoms with Crippen molar-refractivity contribution in [2.75, 3.05) is 19.5 Å². The molecular weight excluding hydrogens is 394 g/mol. The molecule has 0 fully saturated rings. The Morgan fingerprint density at radius 1 is 0.967 bits per heavy atom. The molecule has 8 heteroatoms. The molecule has 1 aromatic heterocycles. The van der Waals surface area contributed by atoms with Crippen LogP contribution in [-0.4, -0.2) is 31.1 Å². The number of hydrogen-bond donors (Lipinski definition) is 1. The Bertz CT molecular complexity index is 1100. The predicted octanol–water partition coefficient (Wildman–Crippen LogP) is 4.21. The summed E-state index contributed by atoms with van der Waals surface area (Å²) in [4.78, 5) is 27.6. The molecule has 0 radical (unpaired) electrons. The lowest BCUT2D eigenvalue weighted by molar-refractivity contribution is 0.0589. The molecule has 2 aromatic carbocycles. The molecule has 0 bridgehead atoms. The van der Waals surface area contributed by atoms with Gasteiger partial charge in [-0.3, -0.25) is 0 Å². The highest BCUT2D eigenvalue weighted by atomic mass is 19.1. The van der Waals surface area contributed by atoms with E-state index in [1.807, 2.05) is 0 Å². The molecule has 0 saturated heterocycles. The fourth-order valence-electron chi connectivity index (χ4n) is 2.89. The first kappa shape index (κ1) is 20.9. The van der Waals surface area contributed by atoms with E-state index in [1.165, 1.54) is 49.7 Å². The maximum Gasteiger partial charge on any atom is 0.341 e. The van der Waals surface area contributed by atoms with Crippen LogP contribution in [0.4, 0.5) is 14.6 Å². The van der Waals surface area contributed by atoms with E-state index in [1.54, 1.807) is 6.07 Å². The second kappa shape index (κ2) is 9.13. The van der Waals surface area contributed by atoms with Crippen LogP contribution in [0.5, 0.6) is 0 Å². The zero-order valence-corrected chi connectivity index (χ0v) is 16.2. The number of esters is 2. The normalized spacial score (nSPS) is 10.4. The van der Waals surface area contributed by atoms with Crippen molar-refractivity contribution in [3.05, 3.63) is 83.1 Å². The van der Waals surface area contributed by atoms with E-state index in [0.717, 1.165) is 13.2 Å². The summed E-state index contributed by atoms with van der Waals surface area (Å²) in [7, 11) is 2.42. The topological polar surface area (TPSA) is 77.5 Å². The van der Waals surface area contributed by atoms with E-state index in [2.05, 4.69) is 19.8 Å². The summed E-state index contributed by atoms with van der Waals surface area (Å²) in [5, 5.41) is 2.94. The number of carbonyl (C=O) groups is 2. The number of aromatic nitrogens is 1. The summed E-state index contributed by atoms with van der Waals surface area (Å²) in [6, 6.07) is 11.4. The number of ether oxygens (including phenoxy) is 2. The van der Waals surface area contributed by atoms with Crippen LogP contribution in [0, 0.1) is 11.6 Å². The van der Waals surface area contributed by atoms with Crippen LogP contribution in [0.2, 0.25) is 0 Å². The highest BCUT2D eigenvalue weighted by Crippen LogP contribution is 2.28. The smallest absolute Gasteiger partial charge is 0.341 e. The van der Waals surface area contributed by atoms with Crippen LogP contribution in [0.1, 0.15) is 26.3 Å². The van der Waals surface area contributed by atoms with Crippen LogP contribution in [0.15, 0.2) is 54.7 Å². The molecule has 0 aliphatic carbocycles. The van der Waals surface area contributed by atoms with Gasteiger partial charge in [0, 0.05) is 18.3 Å². The number of rotatable bonds is 6. The van der Waals surface area contributed by atoms with E-state index < -0.39 is 23.6 Å². The largest absolute Gasteiger partial charge is 0.465 e. The van der Waals surface area contributed by atoms with Crippen molar-refractivity contribution in [2.24, 2.45) is 0 Å². The molecule has 0 atom stereocenters. The minimum atomic E-state index is -0.842. The molecule has 1 heterocycles. The third kappa shape index (κ3) is 4.43. The summed E-state index contributed by atoms with van der Waals surface area (Å²) in [6.45, 7) is 0.0940. The Morgan fingerprint density at radius 3 is 2.43 bits per heavy atom. The maximum absolute atomic E-state index is 14.7. The van der Waals surface area contributed by atoms with Crippen LogP contribution in [0.3, 0.4) is 0 Å². The van der Waals surface area contributed by atoms with Crippen molar-refractivity contribution in [3.63, 3.8) is 0 Å². The number of hydrogen-bond acceptors (Lipinski definition) is 6. The minimum absolute atomic E-state index is 0.0940. The van der Waals surface area contributed by atoms with Gasteiger partial charge in [0.25, 0.3) is 0 Å². The molecule has 3 rings (SSSR count). The predicted molar refractivity (Wildman–Crippen MR) is 106 cm³/mol. The van der Waals surface area contributed by atoms with Gasteiger partial charge >= 0.3 is 11.9 Å². The Kier molecular flexibility index (Phi) is 6.36. The number of nitrogens with one attached hydrogen (secondary N) is 1. The molecule has 30 heavy (non-hydrogen) atoms. The molecule has 3 aromatic rings. The van der Waals surface area contributed by atoms with Crippen LogP contribution in [-0.2, 0) is 16.0 Å². The molecular formula is C22H18F2N2O4. The standard InChI is InChI=1S/C22H18F2N2O4/c1-29-21(27)14-8-9-25-19(11-14)26-12-15-7-6-13(10-18(15)24)16-4-3-5-17(23)20(16)22(28)30-2/h3-11H,12H2,1-2H3,(H,25,26). The fourth-order valence-corrected chi connectivity index (χ4v) is 2.89. The van der Waals surface area contributed by atoms with Crippen molar-refractivity contribution < 1.29 is 27.8 Å². The van der Waals surface area contributed by atoms with E-state index in [9.17, 15) is 18.4 Å². The Hall–Kier alpha value is -3.81. The number of methoxy groups -OCH3 is 2. The second-order valence-corrected chi connectivity index (χ2v) is 6.24. The summed E-state index contributed by atoms with van der Waals surface area (Å²) >= 11 is 0. The highest BCUT2D eigenvalue weighted by molar-refractivity contribution is 5.97. The van der Waals surface area contributed by atoms with Gasteiger partial charge in [0.1, 0.15) is 23.0 Å². The minimum Gasteiger partial charge on any atom is -0.465 e. The van der Waals surface area contributed by atoms with Crippen molar-refractivity contribution in [2.45, 2.75) is 6.54 Å². The SMILES string of the molecule is COC(=O)c1ccnc(NCc2ccc(-c3cccc(F)c3C(=O)OC)cc2F)c1. The summed E-state index contributed by atoms with van der Waals surface area (Å²) in [5.74, 6) is -2.27. The average Bonchev–Trinajstić information content (AvgIpc) is 2.77. The van der Waals surface area contributed by atoms with E-state index in [-0.39, 0.29) is 17.7 Å².